The highest BCUT2D eigenvalue weighted by Gasteiger charge is 2.43. The van der Waals surface area contributed by atoms with Gasteiger partial charge in [-0.05, 0) is 97.1 Å². The highest BCUT2D eigenvalue weighted by atomic mass is 79.9. The minimum absolute atomic E-state index is 0.00879. The van der Waals surface area contributed by atoms with E-state index >= 15 is 0 Å². The van der Waals surface area contributed by atoms with Crippen molar-refractivity contribution in [1.82, 2.24) is 4.72 Å². The van der Waals surface area contributed by atoms with Crippen LogP contribution in [0.25, 0.3) is 0 Å². The molecule has 0 aromatic heterocycles. The van der Waals surface area contributed by atoms with Crippen LogP contribution in [0.2, 0.25) is 36.3 Å². The van der Waals surface area contributed by atoms with E-state index in [1.54, 1.807) is 12.1 Å². The predicted molar refractivity (Wildman–Crippen MR) is 158 cm³/mol. The average Bonchev–Trinajstić information content (AvgIpc) is 2.64. The van der Waals surface area contributed by atoms with Gasteiger partial charge in [0.05, 0.1) is 39.0 Å². The molecule has 0 heterocycles. The Balaban J connectivity index is 3.47. The molecule has 1 aromatic rings. The summed E-state index contributed by atoms with van der Waals surface area (Å²) in [6.45, 7) is 28.6. The van der Waals surface area contributed by atoms with Crippen LogP contribution in [-0.4, -0.2) is 44.3 Å². The van der Waals surface area contributed by atoms with Crippen LogP contribution in [0.5, 0.6) is 0 Å². The quantitative estimate of drug-likeness (QED) is 0.274. The van der Waals surface area contributed by atoms with E-state index in [0.717, 1.165) is 5.56 Å². The van der Waals surface area contributed by atoms with Crippen LogP contribution in [-0.2, 0) is 26.3 Å². The van der Waals surface area contributed by atoms with Gasteiger partial charge >= 0.3 is 0 Å². The SMILES string of the molecule is CC(C)(C)[S@](=O)N[C@@H](Cc1ccc(F)c(Br)c1)[C@@H](CO[Si](C)(C)C(C)(C)C)O[Si](C)(C)C(C)(C)C. The lowest BCUT2D eigenvalue weighted by atomic mass is 10.0. The third-order valence-corrected chi connectivity index (χ3v) is 18.6. The summed E-state index contributed by atoms with van der Waals surface area (Å²) in [6, 6.07) is 4.77. The van der Waals surface area contributed by atoms with Crippen LogP contribution in [0.4, 0.5) is 4.39 Å². The van der Waals surface area contributed by atoms with Gasteiger partial charge in [0.1, 0.15) is 5.82 Å². The standard InChI is InChI=1S/C26H49BrFNO3SSi2/c1-24(2,3)33(30)29-22(17-19-14-15-21(28)20(27)16-19)23(32-35(12,13)26(7,8)9)18-31-34(10,11)25(4,5)6/h14-16,22-23,29H,17-18H2,1-13H3/t22-,23+,33-/m0/s1. The number of hydrogen-bond acceptors (Lipinski definition) is 3. The first-order valence-corrected chi connectivity index (χ1v) is 20.2. The number of nitrogens with one attached hydrogen (secondary N) is 1. The number of benzene rings is 1. The zero-order chi connectivity index (χ0) is 27.6. The molecule has 35 heavy (non-hydrogen) atoms. The van der Waals surface area contributed by atoms with Gasteiger partial charge in [0, 0.05) is 0 Å². The van der Waals surface area contributed by atoms with Crippen LogP contribution in [0.1, 0.15) is 67.9 Å². The van der Waals surface area contributed by atoms with E-state index < -0.39 is 32.4 Å². The van der Waals surface area contributed by atoms with Crippen molar-refractivity contribution >= 4 is 43.6 Å². The second kappa shape index (κ2) is 11.9. The summed E-state index contributed by atoms with van der Waals surface area (Å²) < 4.78 is 44.2. The summed E-state index contributed by atoms with van der Waals surface area (Å²) in [4.78, 5) is 0. The van der Waals surface area contributed by atoms with Gasteiger partial charge in [-0.2, -0.15) is 0 Å². The molecule has 4 nitrogen and oxygen atoms in total. The first-order chi connectivity index (χ1) is 15.5. The van der Waals surface area contributed by atoms with Crippen molar-refractivity contribution in [2.75, 3.05) is 6.61 Å². The second-order valence-electron chi connectivity index (χ2n) is 13.5. The van der Waals surface area contributed by atoms with E-state index in [9.17, 15) is 8.60 Å². The molecule has 1 rings (SSSR count). The van der Waals surface area contributed by atoms with Gasteiger partial charge in [-0.3, -0.25) is 0 Å². The molecule has 0 unspecified atom stereocenters. The Labute approximate surface area is 227 Å². The zero-order valence-electron chi connectivity index (χ0n) is 24.2. The Kier molecular flexibility index (Phi) is 11.2. The van der Waals surface area contributed by atoms with E-state index in [1.165, 1.54) is 6.07 Å². The smallest absolute Gasteiger partial charge is 0.192 e. The molecular weight excluding hydrogens is 561 g/mol. The molecule has 0 bridgehead atoms. The Morgan fingerprint density at radius 2 is 1.49 bits per heavy atom. The normalized spacial score (nSPS) is 16.8. The Morgan fingerprint density at radius 1 is 0.971 bits per heavy atom. The van der Waals surface area contributed by atoms with Crippen LogP contribution in [0.15, 0.2) is 22.7 Å². The summed E-state index contributed by atoms with van der Waals surface area (Å²) in [6.07, 6.45) is 0.237. The first-order valence-electron chi connectivity index (χ1n) is 12.4. The minimum Gasteiger partial charge on any atom is -0.414 e. The summed E-state index contributed by atoms with van der Waals surface area (Å²) in [5.41, 5.74) is 0.942. The molecule has 0 fully saturated rings. The molecule has 3 atom stereocenters. The summed E-state index contributed by atoms with van der Waals surface area (Å²) in [5, 5.41) is 0.0718. The fraction of sp³-hybridized carbons (Fsp3) is 0.769. The highest BCUT2D eigenvalue weighted by Crippen LogP contribution is 2.40. The molecule has 1 aromatic carbocycles. The maximum atomic E-state index is 13.9. The fourth-order valence-electron chi connectivity index (χ4n) is 2.78. The van der Waals surface area contributed by atoms with Gasteiger partial charge in [0.25, 0.3) is 0 Å². The molecule has 0 spiro atoms. The Bertz CT molecular complexity index is 877. The zero-order valence-corrected chi connectivity index (χ0v) is 28.6. The molecule has 1 N–H and O–H groups in total. The van der Waals surface area contributed by atoms with Gasteiger partial charge in [-0.25, -0.2) is 13.3 Å². The molecule has 0 aliphatic rings. The van der Waals surface area contributed by atoms with E-state index in [1.807, 2.05) is 20.8 Å². The number of hydrogen-bond donors (Lipinski definition) is 1. The van der Waals surface area contributed by atoms with Gasteiger partial charge in [-0.1, -0.05) is 47.6 Å². The van der Waals surface area contributed by atoms with E-state index in [4.69, 9.17) is 8.85 Å². The van der Waals surface area contributed by atoms with Crippen LogP contribution in [0, 0.1) is 5.82 Å². The topological polar surface area (TPSA) is 47.6 Å². The Morgan fingerprint density at radius 3 is 1.91 bits per heavy atom. The molecule has 0 amide bonds. The minimum atomic E-state index is -2.18. The van der Waals surface area contributed by atoms with Crippen molar-refractivity contribution in [3.8, 4) is 0 Å². The van der Waals surface area contributed by atoms with Gasteiger partial charge in [0.2, 0.25) is 0 Å². The largest absolute Gasteiger partial charge is 0.414 e. The number of rotatable bonds is 10. The lowest BCUT2D eigenvalue weighted by Crippen LogP contribution is -2.56. The summed E-state index contributed by atoms with van der Waals surface area (Å²) in [7, 11) is -5.53. The first kappa shape index (κ1) is 33.1. The average molecular weight is 611 g/mol. The molecule has 0 aliphatic carbocycles. The second-order valence-corrected chi connectivity index (χ2v) is 26.0. The van der Waals surface area contributed by atoms with Crippen LogP contribution >= 0.6 is 15.9 Å². The van der Waals surface area contributed by atoms with Gasteiger partial charge in [0.15, 0.2) is 16.6 Å². The molecule has 204 valence electrons. The lowest BCUT2D eigenvalue weighted by molar-refractivity contribution is 0.0823. The van der Waals surface area contributed by atoms with Crippen molar-refractivity contribution in [2.45, 2.75) is 122 Å². The van der Waals surface area contributed by atoms with Crippen LogP contribution in [0.3, 0.4) is 0 Å². The third kappa shape index (κ3) is 9.72. The molecule has 0 aliphatic heterocycles. The third-order valence-electron chi connectivity index (χ3n) is 7.37. The van der Waals surface area contributed by atoms with Crippen LogP contribution < -0.4 is 4.72 Å². The number of halogens is 2. The van der Waals surface area contributed by atoms with Crippen molar-refractivity contribution in [3.05, 3.63) is 34.1 Å². The molecule has 0 saturated heterocycles. The van der Waals surface area contributed by atoms with Crippen molar-refractivity contribution in [2.24, 2.45) is 0 Å². The summed E-state index contributed by atoms with van der Waals surface area (Å²) in [5.74, 6) is -0.299. The van der Waals surface area contributed by atoms with Crippen molar-refractivity contribution in [3.63, 3.8) is 0 Å². The highest BCUT2D eigenvalue weighted by molar-refractivity contribution is 9.10. The van der Waals surface area contributed by atoms with Gasteiger partial charge < -0.3 is 8.85 Å². The lowest BCUT2D eigenvalue weighted by Gasteiger charge is -2.44. The van der Waals surface area contributed by atoms with Crippen molar-refractivity contribution < 1.29 is 17.5 Å². The van der Waals surface area contributed by atoms with Gasteiger partial charge in [-0.15, -0.1) is 0 Å². The monoisotopic (exact) mass is 609 g/mol. The predicted octanol–water partition coefficient (Wildman–Crippen LogP) is 7.96. The van der Waals surface area contributed by atoms with Crippen molar-refractivity contribution in [1.29, 1.82) is 0 Å². The van der Waals surface area contributed by atoms with E-state index in [2.05, 4.69) is 88.4 Å². The molecular formula is C26H49BrFNO3SSi2. The molecule has 9 heteroatoms. The fourth-order valence-corrected chi connectivity index (χ4v) is 6.42. The van der Waals surface area contributed by atoms with E-state index in [-0.39, 0.29) is 28.0 Å². The molecule has 0 saturated carbocycles. The maximum absolute atomic E-state index is 13.9. The maximum Gasteiger partial charge on any atom is 0.192 e. The Hall–Kier alpha value is 0.0938. The summed E-state index contributed by atoms with van der Waals surface area (Å²) >= 11 is 3.31. The van der Waals surface area contributed by atoms with E-state index in [0.29, 0.717) is 17.5 Å². The molecule has 0 radical (unpaired) electrons.